The molecule has 0 spiro atoms. The monoisotopic (exact) mass is 390 g/mol. The first-order chi connectivity index (χ1) is 13.3. The van der Waals surface area contributed by atoms with Crippen LogP contribution < -0.4 is 5.32 Å². The summed E-state index contributed by atoms with van der Waals surface area (Å²) < 4.78 is 38.4. The van der Waals surface area contributed by atoms with Gasteiger partial charge in [0.15, 0.2) is 0 Å². The minimum atomic E-state index is -4.41. The normalized spacial score (nSPS) is 17.3. The number of carbonyl (C=O) groups is 1. The van der Waals surface area contributed by atoms with Crippen molar-refractivity contribution in [2.24, 2.45) is 5.92 Å². The molecular formula is C22H25F3N2O. The molecule has 1 heterocycles. The Labute approximate surface area is 163 Å². The number of likely N-dealkylation sites (tertiary alicyclic amines) is 1. The Morgan fingerprint density at radius 3 is 2.43 bits per heavy atom. The van der Waals surface area contributed by atoms with Crippen molar-refractivity contribution in [2.75, 3.05) is 18.4 Å². The van der Waals surface area contributed by atoms with Crippen LogP contribution >= 0.6 is 0 Å². The number of hydrogen-bond acceptors (Lipinski definition) is 2. The molecule has 1 atom stereocenters. The first-order valence-electron chi connectivity index (χ1n) is 9.59. The number of halogens is 3. The van der Waals surface area contributed by atoms with Crippen LogP contribution in [0.15, 0.2) is 54.6 Å². The summed E-state index contributed by atoms with van der Waals surface area (Å²) in [5.41, 5.74) is 0.715. The summed E-state index contributed by atoms with van der Waals surface area (Å²) in [5, 5.41) is 2.61. The molecule has 6 heteroatoms. The van der Waals surface area contributed by atoms with Gasteiger partial charge in [0.2, 0.25) is 5.91 Å². The van der Waals surface area contributed by atoms with Crippen LogP contribution in [0.5, 0.6) is 0 Å². The summed E-state index contributed by atoms with van der Waals surface area (Å²) in [6.07, 6.45) is -2.26. The first kappa shape index (κ1) is 20.4. The van der Waals surface area contributed by atoms with Crippen molar-refractivity contribution in [2.45, 2.75) is 38.4 Å². The molecule has 28 heavy (non-hydrogen) atoms. The summed E-state index contributed by atoms with van der Waals surface area (Å²) in [6, 6.07) is 15.4. The Kier molecular flexibility index (Phi) is 6.39. The van der Waals surface area contributed by atoms with Crippen LogP contribution in [0.2, 0.25) is 0 Å². The van der Waals surface area contributed by atoms with E-state index in [0.717, 1.165) is 38.1 Å². The van der Waals surface area contributed by atoms with Gasteiger partial charge in [-0.2, -0.15) is 13.2 Å². The summed E-state index contributed by atoms with van der Waals surface area (Å²) in [7, 11) is 0. The second-order valence-electron chi connectivity index (χ2n) is 7.40. The van der Waals surface area contributed by atoms with Crippen molar-refractivity contribution >= 4 is 11.6 Å². The number of piperidine rings is 1. The number of nitrogens with zero attached hydrogens (tertiary/aromatic N) is 1. The van der Waals surface area contributed by atoms with Gasteiger partial charge in [-0.05, 0) is 62.5 Å². The third-order valence-electron chi connectivity index (χ3n) is 5.43. The Bertz CT molecular complexity index is 784. The predicted molar refractivity (Wildman–Crippen MR) is 104 cm³/mol. The number of carbonyl (C=O) groups excluding carboxylic acids is 1. The first-order valence-corrected chi connectivity index (χ1v) is 9.59. The number of amides is 1. The number of rotatable bonds is 5. The average molecular weight is 390 g/mol. The van der Waals surface area contributed by atoms with Crippen molar-refractivity contribution in [3.05, 3.63) is 65.7 Å². The molecule has 1 unspecified atom stereocenters. The summed E-state index contributed by atoms with van der Waals surface area (Å²) in [4.78, 5) is 14.7. The van der Waals surface area contributed by atoms with Gasteiger partial charge < -0.3 is 5.32 Å². The molecule has 3 rings (SSSR count). The van der Waals surface area contributed by atoms with Gasteiger partial charge in [-0.1, -0.05) is 36.4 Å². The highest BCUT2D eigenvalue weighted by atomic mass is 19.4. The molecule has 2 aromatic rings. The highest BCUT2D eigenvalue weighted by molar-refractivity contribution is 5.90. The SMILES string of the molecule is CC(c1ccccc1)N1CCC(CC(=O)Nc2cccc(C(F)(F)F)c2)CC1. The zero-order valence-corrected chi connectivity index (χ0v) is 15.9. The number of hydrogen-bond donors (Lipinski definition) is 1. The Balaban J connectivity index is 1.49. The van der Waals surface area contributed by atoms with Gasteiger partial charge in [0.25, 0.3) is 0 Å². The second kappa shape index (κ2) is 8.78. The minimum Gasteiger partial charge on any atom is -0.326 e. The van der Waals surface area contributed by atoms with Crippen molar-refractivity contribution < 1.29 is 18.0 Å². The number of nitrogens with one attached hydrogen (secondary N) is 1. The van der Waals surface area contributed by atoms with Crippen LogP contribution in [-0.2, 0) is 11.0 Å². The van der Waals surface area contributed by atoms with Crippen molar-refractivity contribution in [3.63, 3.8) is 0 Å². The van der Waals surface area contributed by atoms with Crippen LogP contribution in [-0.4, -0.2) is 23.9 Å². The molecule has 1 amide bonds. The fraction of sp³-hybridized carbons (Fsp3) is 0.409. The molecule has 2 aromatic carbocycles. The van der Waals surface area contributed by atoms with Crippen LogP contribution in [0.25, 0.3) is 0 Å². The van der Waals surface area contributed by atoms with E-state index >= 15 is 0 Å². The minimum absolute atomic E-state index is 0.190. The van der Waals surface area contributed by atoms with Gasteiger partial charge >= 0.3 is 6.18 Å². The standard InChI is InChI=1S/C22H25F3N2O/c1-16(18-6-3-2-4-7-18)27-12-10-17(11-13-27)14-21(28)26-20-9-5-8-19(15-20)22(23,24)25/h2-9,15-17H,10-14H2,1H3,(H,26,28). The van der Waals surface area contributed by atoms with E-state index in [1.54, 1.807) is 0 Å². The summed E-state index contributed by atoms with van der Waals surface area (Å²) in [5.74, 6) is 0.0268. The number of benzene rings is 2. The topological polar surface area (TPSA) is 32.3 Å². The number of anilines is 1. The fourth-order valence-corrected chi connectivity index (χ4v) is 3.73. The Hall–Kier alpha value is -2.34. The molecule has 1 N–H and O–H groups in total. The van der Waals surface area contributed by atoms with E-state index in [0.29, 0.717) is 12.5 Å². The van der Waals surface area contributed by atoms with Gasteiger partial charge in [-0.25, -0.2) is 0 Å². The molecule has 0 aromatic heterocycles. The molecule has 1 aliphatic rings. The third-order valence-corrected chi connectivity index (χ3v) is 5.43. The molecular weight excluding hydrogens is 365 g/mol. The molecule has 150 valence electrons. The van der Waals surface area contributed by atoms with E-state index in [-0.39, 0.29) is 17.5 Å². The molecule has 0 aliphatic carbocycles. The highest BCUT2D eigenvalue weighted by Crippen LogP contribution is 2.31. The quantitative estimate of drug-likeness (QED) is 0.730. The van der Waals surface area contributed by atoms with E-state index in [1.165, 1.54) is 17.7 Å². The van der Waals surface area contributed by atoms with Gasteiger partial charge in [0.05, 0.1) is 5.56 Å². The lowest BCUT2D eigenvalue weighted by atomic mass is 9.91. The van der Waals surface area contributed by atoms with Crippen LogP contribution in [0.4, 0.5) is 18.9 Å². The second-order valence-corrected chi connectivity index (χ2v) is 7.40. The van der Waals surface area contributed by atoms with E-state index < -0.39 is 11.7 Å². The number of alkyl halides is 3. The van der Waals surface area contributed by atoms with Gasteiger partial charge in [-0.3, -0.25) is 9.69 Å². The fourth-order valence-electron chi connectivity index (χ4n) is 3.73. The van der Waals surface area contributed by atoms with E-state index in [2.05, 4.69) is 29.3 Å². The van der Waals surface area contributed by atoms with Crippen molar-refractivity contribution in [3.8, 4) is 0 Å². The van der Waals surface area contributed by atoms with E-state index in [1.807, 2.05) is 18.2 Å². The van der Waals surface area contributed by atoms with Crippen LogP contribution in [0.1, 0.15) is 43.4 Å². The predicted octanol–water partition coefficient (Wildman–Crippen LogP) is 5.51. The molecule has 1 aliphatic heterocycles. The molecule has 1 fully saturated rings. The smallest absolute Gasteiger partial charge is 0.326 e. The molecule has 0 bridgehead atoms. The average Bonchev–Trinajstić information content (AvgIpc) is 2.68. The highest BCUT2D eigenvalue weighted by Gasteiger charge is 2.30. The molecule has 3 nitrogen and oxygen atoms in total. The molecule has 0 radical (unpaired) electrons. The maximum absolute atomic E-state index is 12.8. The lowest BCUT2D eigenvalue weighted by Crippen LogP contribution is -2.36. The van der Waals surface area contributed by atoms with Crippen LogP contribution in [0, 0.1) is 5.92 Å². The molecule has 1 saturated heterocycles. The van der Waals surface area contributed by atoms with Gasteiger partial charge in [0, 0.05) is 18.2 Å². The van der Waals surface area contributed by atoms with Gasteiger partial charge in [-0.15, -0.1) is 0 Å². The Morgan fingerprint density at radius 2 is 1.79 bits per heavy atom. The Morgan fingerprint density at radius 1 is 1.11 bits per heavy atom. The zero-order chi connectivity index (χ0) is 20.1. The summed E-state index contributed by atoms with van der Waals surface area (Å²) >= 11 is 0. The lowest BCUT2D eigenvalue weighted by Gasteiger charge is -2.36. The lowest BCUT2D eigenvalue weighted by molar-refractivity contribution is -0.137. The van der Waals surface area contributed by atoms with Gasteiger partial charge in [0.1, 0.15) is 0 Å². The van der Waals surface area contributed by atoms with Crippen molar-refractivity contribution in [1.29, 1.82) is 0 Å². The largest absolute Gasteiger partial charge is 0.416 e. The maximum atomic E-state index is 12.8. The van der Waals surface area contributed by atoms with E-state index in [4.69, 9.17) is 0 Å². The molecule has 0 saturated carbocycles. The van der Waals surface area contributed by atoms with Crippen LogP contribution in [0.3, 0.4) is 0 Å². The summed E-state index contributed by atoms with van der Waals surface area (Å²) in [6.45, 7) is 4.02. The van der Waals surface area contributed by atoms with Crippen molar-refractivity contribution in [1.82, 2.24) is 4.90 Å². The zero-order valence-electron chi connectivity index (χ0n) is 15.9. The third kappa shape index (κ3) is 5.35. The maximum Gasteiger partial charge on any atom is 0.416 e. The van der Waals surface area contributed by atoms with E-state index in [9.17, 15) is 18.0 Å².